The molecule has 7 nitrogen and oxygen atoms in total. The number of aromatic carboxylic acids is 1. The van der Waals surface area contributed by atoms with Gasteiger partial charge in [-0.15, -0.1) is 0 Å². The molecule has 2 aromatic heterocycles. The van der Waals surface area contributed by atoms with E-state index in [9.17, 15) is 9.59 Å². The molecule has 1 saturated heterocycles. The molecule has 1 fully saturated rings. The van der Waals surface area contributed by atoms with Gasteiger partial charge >= 0.3 is 5.97 Å². The number of nitrogens with zero attached hydrogens (tertiary/aromatic N) is 3. The first-order valence-electron chi connectivity index (χ1n) is 8.72. The Labute approximate surface area is 150 Å². The summed E-state index contributed by atoms with van der Waals surface area (Å²) in [5, 5.41) is 14.0. The Morgan fingerprint density at radius 2 is 2.12 bits per heavy atom. The molecule has 0 spiro atoms. The van der Waals surface area contributed by atoms with Crippen molar-refractivity contribution >= 4 is 22.8 Å². The van der Waals surface area contributed by atoms with Crippen molar-refractivity contribution in [2.75, 3.05) is 13.1 Å². The van der Waals surface area contributed by atoms with Gasteiger partial charge in [-0.05, 0) is 36.4 Å². The summed E-state index contributed by atoms with van der Waals surface area (Å²) in [6.45, 7) is 1.45. The summed E-state index contributed by atoms with van der Waals surface area (Å²) >= 11 is 0. The second kappa shape index (κ2) is 6.67. The van der Waals surface area contributed by atoms with Crippen molar-refractivity contribution < 1.29 is 14.7 Å². The topological polar surface area (TPSA) is 91.2 Å². The number of aromatic amines is 1. The van der Waals surface area contributed by atoms with E-state index in [1.54, 1.807) is 0 Å². The molecule has 1 atom stereocenters. The first-order valence-corrected chi connectivity index (χ1v) is 8.72. The van der Waals surface area contributed by atoms with Crippen LogP contribution in [0.4, 0.5) is 0 Å². The number of hydrogen-bond donors (Lipinski definition) is 2. The third-order valence-corrected chi connectivity index (χ3v) is 4.92. The molecular formula is C19H20N4O3. The fourth-order valence-electron chi connectivity index (χ4n) is 3.58. The number of rotatable bonds is 4. The molecule has 0 aliphatic carbocycles. The summed E-state index contributed by atoms with van der Waals surface area (Å²) < 4.78 is 1.39. The van der Waals surface area contributed by atoms with Gasteiger partial charge in [-0.2, -0.15) is 5.10 Å². The molecular weight excluding hydrogens is 332 g/mol. The van der Waals surface area contributed by atoms with E-state index >= 15 is 0 Å². The predicted molar refractivity (Wildman–Crippen MR) is 96.0 cm³/mol. The fourth-order valence-corrected chi connectivity index (χ4v) is 3.58. The highest BCUT2D eigenvalue weighted by Crippen LogP contribution is 2.29. The zero-order valence-corrected chi connectivity index (χ0v) is 14.3. The van der Waals surface area contributed by atoms with Gasteiger partial charge in [0.1, 0.15) is 6.54 Å². The van der Waals surface area contributed by atoms with Gasteiger partial charge in [0.25, 0.3) is 0 Å². The number of piperidine rings is 1. The van der Waals surface area contributed by atoms with Crippen molar-refractivity contribution in [2.24, 2.45) is 0 Å². The highest BCUT2D eigenvalue weighted by atomic mass is 16.4. The van der Waals surface area contributed by atoms with E-state index in [1.807, 2.05) is 17.0 Å². The molecule has 7 heteroatoms. The minimum absolute atomic E-state index is 0.0363. The maximum absolute atomic E-state index is 12.6. The lowest BCUT2D eigenvalue weighted by molar-refractivity contribution is -0.133. The Morgan fingerprint density at radius 3 is 2.88 bits per heavy atom. The van der Waals surface area contributed by atoms with Crippen LogP contribution in [0.1, 0.15) is 34.9 Å². The number of carbonyl (C=O) groups excluding carboxylic acids is 1. The second-order valence-electron chi connectivity index (χ2n) is 6.69. The van der Waals surface area contributed by atoms with Crippen LogP contribution < -0.4 is 0 Å². The molecule has 1 aromatic carbocycles. The first kappa shape index (κ1) is 16.4. The van der Waals surface area contributed by atoms with Gasteiger partial charge in [-0.25, -0.2) is 4.79 Å². The lowest BCUT2D eigenvalue weighted by Crippen LogP contribution is -2.41. The molecule has 0 radical (unpaired) electrons. The molecule has 1 aliphatic heterocycles. The van der Waals surface area contributed by atoms with Crippen molar-refractivity contribution in [3.8, 4) is 0 Å². The predicted octanol–water partition coefficient (Wildman–Crippen LogP) is 2.47. The van der Waals surface area contributed by atoms with Crippen LogP contribution in [0.25, 0.3) is 10.9 Å². The van der Waals surface area contributed by atoms with E-state index < -0.39 is 5.97 Å². The van der Waals surface area contributed by atoms with Crippen LogP contribution in [0.15, 0.2) is 42.6 Å². The van der Waals surface area contributed by atoms with Crippen LogP contribution in [0, 0.1) is 0 Å². The van der Waals surface area contributed by atoms with Crippen molar-refractivity contribution in [1.29, 1.82) is 0 Å². The highest BCUT2D eigenvalue weighted by Gasteiger charge is 2.26. The molecule has 3 aromatic rings. The number of likely N-dealkylation sites (tertiary alicyclic amines) is 1. The summed E-state index contributed by atoms with van der Waals surface area (Å²) in [4.78, 5) is 28.8. The van der Waals surface area contributed by atoms with E-state index in [0.29, 0.717) is 6.54 Å². The molecule has 1 unspecified atom stereocenters. The number of H-pyrrole nitrogens is 1. The van der Waals surface area contributed by atoms with Crippen LogP contribution in [0.5, 0.6) is 0 Å². The van der Waals surface area contributed by atoms with Gasteiger partial charge in [0.15, 0.2) is 5.69 Å². The molecule has 1 aliphatic rings. The molecule has 26 heavy (non-hydrogen) atoms. The van der Waals surface area contributed by atoms with E-state index in [2.05, 4.69) is 28.3 Å². The molecule has 0 saturated carbocycles. The van der Waals surface area contributed by atoms with Crippen LogP contribution in [-0.4, -0.2) is 49.7 Å². The lowest BCUT2D eigenvalue weighted by atomic mass is 9.94. The van der Waals surface area contributed by atoms with Crippen molar-refractivity contribution in [1.82, 2.24) is 19.7 Å². The van der Waals surface area contributed by atoms with Crippen LogP contribution in [0.2, 0.25) is 0 Å². The number of carboxylic acid groups (broad SMARTS) is 1. The van der Waals surface area contributed by atoms with Crippen molar-refractivity contribution in [2.45, 2.75) is 25.3 Å². The lowest BCUT2D eigenvalue weighted by Gasteiger charge is -2.32. The normalized spacial score (nSPS) is 17.5. The van der Waals surface area contributed by atoms with E-state index in [1.165, 1.54) is 22.3 Å². The van der Waals surface area contributed by atoms with E-state index in [-0.39, 0.29) is 24.1 Å². The Morgan fingerprint density at radius 1 is 1.27 bits per heavy atom. The number of carbonyl (C=O) groups is 2. The van der Waals surface area contributed by atoms with Gasteiger partial charge in [-0.3, -0.25) is 9.48 Å². The fraction of sp³-hybridized carbons (Fsp3) is 0.316. The molecule has 0 bridgehead atoms. The van der Waals surface area contributed by atoms with Gasteiger partial charge in [-0.1, -0.05) is 18.2 Å². The standard InChI is InChI=1S/C19H20N4O3/c24-18(12-23-9-7-16(21-23)19(25)26)22-8-3-5-14(11-22)17-10-13-4-1-2-6-15(13)20-17/h1-2,4,6-7,9-10,14,20H,3,5,8,11-12H2,(H,25,26). The van der Waals surface area contributed by atoms with Crippen LogP contribution >= 0.6 is 0 Å². The number of benzene rings is 1. The smallest absolute Gasteiger partial charge is 0.356 e. The van der Waals surface area contributed by atoms with Crippen molar-refractivity contribution in [3.63, 3.8) is 0 Å². The number of hydrogen-bond acceptors (Lipinski definition) is 3. The molecule has 134 valence electrons. The summed E-state index contributed by atoms with van der Waals surface area (Å²) in [7, 11) is 0. The largest absolute Gasteiger partial charge is 0.476 e. The second-order valence-corrected chi connectivity index (χ2v) is 6.69. The summed E-state index contributed by atoms with van der Waals surface area (Å²) in [5.74, 6) is -0.841. The monoisotopic (exact) mass is 352 g/mol. The molecule has 2 N–H and O–H groups in total. The molecule has 4 rings (SSSR count). The van der Waals surface area contributed by atoms with Gasteiger partial charge in [0.05, 0.1) is 0 Å². The zero-order valence-electron chi connectivity index (χ0n) is 14.3. The number of amides is 1. The Hall–Kier alpha value is -3.09. The summed E-state index contributed by atoms with van der Waals surface area (Å²) in [6, 6.07) is 11.7. The minimum atomic E-state index is -1.09. The number of nitrogens with one attached hydrogen (secondary N) is 1. The zero-order chi connectivity index (χ0) is 18.1. The summed E-state index contributed by atoms with van der Waals surface area (Å²) in [5.41, 5.74) is 2.23. The maximum Gasteiger partial charge on any atom is 0.356 e. The third-order valence-electron chi connectivity index (χ3n) is 4.92. The highest BCUT2D eigenvalue weighted by molar-refractivity contribution is 5.85. The Kier molecular flexibility index (Phi) is 4.20. The minimum Gasteiger partial charge on any atom is -0.476 e. The number of aromatic nitrogens is 3. The first-order chi connectivity index (χ1) is 12.6. The quantitative estimate of drug-likeness (QED) is 0.755. The van der Waals surface area contributed by atoms with Gasteiger partial charge < -0.3 is 15.0 Å². The van der Waals surface area contributed by atoms with E-state index in [4.69, 9.17) is 5.11 Å². The molecule has 3 heterocycles. The third kappa shape index (κ3) is 3.20. The number of para-hydroxylation sites is 1. The average molecular weight is 352 g/mol. The number of fused-ring (bicyclic) bond motifs is 1. The molecule has 1 amide bonds. The Balaban J connectivity index is 1.45. The van der Waals surface area contributed by atoms with E-state index in [0.717, 1.165) is 30.6 Å². The SMILES string of the molecule is O=C(O)c1ccn(CC(=O)N2CCCC(c3cc4ccccc4[nH]3)C2)n1. The van der Waals surface area contributed by atoms with Crippen LogP contribution in [0.3, 0.4) is 0 Å². The Bertz CT molecular complexity index is 926. The van der Waals surface area contributed by atoms with Gasteiger partial charge in [0.2, 0.25) is 5.91 Å². The number of carboxylic acids is 1. The van der Waals surface area contributed by atoms with Crippen molar-refractivity contribution in [3.05, 3.63) is 54.0 Å². The van der Waals surface area contributed by atoms with Crippen LogP contribution in [-0.2, 0) is 11.3 Å². The summed E-state index contributed by atoms with van der Waals surface area (Å²) in [6.07, 6.45) is 3.52. The maximum atomic E-state index is 12.6. The van der Waals surface area contributed by atoms with Gasteiger partial charge in [0, 0.05) is 36.4 Å². The average Bonchev–Trinajstić information content (AvgIpc) is 3.28.